The Bertz CT molecular complexity index is 552. The summed E-state index contributed by atoms with van der Waals surface area (Å²) in [5.74, 6) is 0.845. The Morgan fingerprint density at radius 2 is 2.06 bits per heavy atom. The zero-order chi connectivity index (χ0) is 13.3. The van der Waals surface area contributed by atoms with Gasteiger partial charge in [-0.1, -0.05) is 0 Å². The molecule has 6 heteroatoms. The molecule has 0 amide bonds. The molecule has 0 saturated heterocycles. The van der Waals surface area contributed by atoms with Gasteiger partial charge in [0.25, 0.3) is 0 Å². The molecule has 2 rings (SSSR count). The highest BCUT2D eigenvalue weighted by Gasteiger charge is 2.13. The van der Waals surface area contributed by atoms with Crippen LogP contribution in [0.4, 0.5) is 5.82 Å². The molecule has 0 spiro atoms. The van der Waals surface area contributed by atoms with Crippen LogP contribution in [-0.2, 0) is 0 Å². The normalized spacial score (nSPS) is 12.9. The molecule has 2 aromatic rings. The molecular weight excluding hydrogens is 232 g/mol. The lowest BCUT2D eigenvalue weighted by molar-refractivity contribution is 0.101. The Morgan fingerprint density at radius 1 is 1.33 bits per heavy atom. The summed E-state index contributed by atoms with van der Waals surface area (Å²) in [4.78, 5) is 6.26. The van der Waals surface area contributed by atoms with E-state index < -0.39 is 6.10 Å². The van der Waals surface area contributed by atoms with Gasteiger partial charge in [-0.2, -0.15) is 9.61 Å². The van der Waals surface area contributed by atoms with Gasteiger partial charge in [0, 0.05) is 31.4 Å². The van der Waals surface area contributed by atoms with Gasteiger partial charge in [0.15, 0.2) is 5.65 Å². The van der Waals surface area contributed by atoms with Crippen LogP contribution >= 0.6 is 0 Å². The average Bonchev–Trinajstić information content (AvgIpc) is 2.67. The zero-order valence-corrected chi connectivity index (χ0v) is 10.8. The first-order valence-corrected chi connectivity index (χ1v) is 5.85. The molecule has 0 saturated carbocycles. The maximum atomic E-state index is 9.50. The van der Waals surface area contributed by atoms with E-state index in [9.17, 15) is 5.11 Å². The third-order valence-corrected chi connectivity index (χ3v) is 2.75. The minimum absolute atomic E-state index is 0.254. The Morgan fingerprint density at radius 3 is 2.72 bits per heavy atom. The van der Waals surface area contributed by atoms with Gasteiger partial charge in [0.2, 0.25) is 0 Å². The molecule has 0 fully saturated rings. The molecule has 0 radical (unpaired) electrons. The molecule has 0 aliphatic rings. The number of hydrogen-bond donors (Lipinski definition) is 2. The number of anilines is 1. The van der Waals surface area contributed by atoms with Crippen molar-refractivity contribution in [2.75, 3.05) is 25.1 Å². The van der Waals surface area contributed by atoms with Gasteiger partial charge in [-0.3, -0.25) is 0 Å². The van der Waals surface area contributed by atoms with E-state index in [4.69, 9.17) is 5.11 Å². The molecule has 98 valence electrons. The Hall–Kier alpha value is -1.66. The molecule has 1 atom stereocenters. The lowest BCUT2D eigenvalue weighted by Crippen LogP contribution is -2.32. The molecule has 18 heavy (non-hydrogen) atoms. The Labute approximate surface area is 105 Å². The smallest absolute Gasteiger partial charge is 0.157 e. The summed E-state index contributed by atoms with van der Waals surface area (Å²) < 4.78 is 1.74. The topological polar surface area (TPSA) is 73.9 Å². The second-order valence-corrected chi connectivity index (χ2v) is 4.53. The van der Waals surface area contributed by atoms with Gasteiger partial charge < -0.3 is 15.1 Å². The van der Waals surface area contributed by atoms with Crippen molar-refractivity contribution in [1.29, 1.82) is 0 Å². The number of fused-ring (bicyclic) bond motifs is 1. The van der Waals surface area contributed by atoms with Crippen LogP contribution in [0.3, 0.4) is 0 Å². The molecule has 0 aliphatic heterocycles. The lowest BCUT2D eigenvalue weighted by Gasteiger charge is -2.22. The van der Waals surface area contributed by atoms with E-state index >= 15 is 0 Å². The minimum Gasteiger partial charge on any atom is -0.394 e. The average molecular weight is 250 g/mol. The summed E-state index contributed by atoms with van der Waals surface area (Å²) in [7, 11) is 1.85. The standard InChI is InChI=1S/C12H18N4O2/c1-8-5-12(15(3)6-10(18)7-17)16-11(13-8)4-9(2)14-16/h4-5,10,17-18H,6-7H2,1-3H3/t10-/m0/s1. The van der Waals surface area contributed by atoms with Crippen LogP contribution in [0.25, 0.3) is 5.65 Å². The molecule has 2 N–H and O–H groups in total. The molecule has 2 aromatic heterocycles. The highest BCUT2D eigenvalue weighted by Crippen LogP contribution is 2.17. The van der Waals surface area contributed by atoms with Gasteiger partial charge in [-0.15, -0.1) is 0 Å². The van der Waals surface area contributed by atoms with Gasteiger partial charge in [0.05, 0.1) is 18.4 Å². The van der Waals surface area contributed by atoms with Crippen molar-refractivity contribution in [3.63, 3.8) is 0 Å². The quantitative estimate of drug-likeness (QED) is 0.807. The van der Waals surface area contributed by atoms with E-state index in [1.54, 1.807) is 4.52 Å². The molecule has 0 unspecified atom stereocenters. The summed E-state index contributed by atoms with van der Waals surface area (Å²) >= 11 is 0. The van der Waals surface area contributed by atoms with Crippen LogP contribution in [0, 0.1) is 13.8 Å². The first-order valence-electron chi connectivity index (χ1n) is 5.85. The van der Waals surface area contributed by atoms with E-state index in [-0.39, 0.29) is 6.61 Å². The SMILES string of the molecule is Cc1cc(N(C)C[C@H](O)CO)n2nc(C)cc2n1. The first-order chi connectivity index (χ1) is 8.51. The predicted molar refractivity (Wildman–Crippen MR) is 68.8 cm³/mol. The summed E-state index contributed by atoms with van der Waals surface area (Å²) in [6.45, 7) is 3.92. The minimum atomic E-state index is -0.768. The molecular formula is C12H18N4O2. The molecule has 0 aromatic carbocycles. The van der Waals surface area contributed by atoms with Crippen LogP contribution in [-0.4, -0.2) is 51.1 Å². The third-order valence-electron chi connectivity index (χ3n) is 2.75. The predicted octanol–water partition coefficient (Wildman–Crippen LogP) is 0.136. The number of aromatic nitrogens is 3. The van der Waals surface area contributed by atoms with E-state index in [2.05, 4.69) is 10.1 Å². The van der Waals surface area contributed by atoms with E-state index in [0.717, 1.165) is 22.9 Å². The summed E-state index contributed by atoms with van der Waals surface area (Å²) in [6, 6.07) is 3.82. The number of hydrogen-bond acceptors (Lipinski definition) is 5. The number of nitrogens with zero attached hydrogens (tertiary/aromatic N) is 4. The van der Waals surface area contributed by atoms with Crippen LogP contribution in [0.1, 0.15) is 11.4 Å². The maximum Gasteiger partial charge on any atom is 0.157 e. The molecule has 6 nitrogen and oxygen atoms in total. The highest BCUT2D eigenvalue weighted by atomic mass is 16.3. The monoisotopic (exact) mass is 250 g/mol. The van der Waals surface area contributed by atoms with Gasteiger partial charge in [-0.05, 0) is 13.8 Å². The molecule has 0 aliphatic carbocycles. The molecule has 0 bridgehead atoms. The van der Waals surface area contributed by atoms with Crippen molar-refractivity contribution in [2.24, 2.45) is 0 Å². The fourth-order valence-corrected chi connectivity index (χ4v) is 1.93. The number of aliphatic hydroxyl groups is 2. The first kappa shape index (κ1) is 12.8. The van der Waals surface area contributed by atoms with E-state index in [0.29, 0.717) is 6.54 Å². The number of likely N-dealkylation sites (N-methyl/N-ethyl adjacent to an activating group) is 1. The summed E-state index contributed by atoms with van der Waals surface area (Å²) in [5.41, 5.74) is 2.57. The van der Waals surface area contributed by atoms with Gasteiger partial charge in [0.1, 0.15) is 5.82 Å². The van der Waals surface area contributed by atoms with Crippen molar-refractivity contribution in [1.82, 2.24) is 14.6 Å². The molecule has 2 heterocycles. The number of aryl methyl sites for hydroxylation is 2. The van der Waals surface area contributed by atoms with Crippen molar-refractivity contribution in [3.05, 3.63) is 23.5 Å². The van der Waals surface area contributed by atoms with Crippen LogP contribution in [0.5, 0.6) is 0 Å². The van der Waals surface area contributed by atoms with Gasteiger partial charge in [-0.25, -0.2) is 4.98 Å². The highest BCUT2D eigenvalue weighted by molar-refractivity contribution is 5.51. The van der Waals surface area contributed by atoms with Crippen LogP contribution in [0.2, 0.25) is 0 Å². The largest absolute Gasteiger partial charge is 0.394 e. The fraction of sp³-hybridized carbons (Fsp3) is 0.500. The summed E-state index contributed by atoms with van der Waals surface area (Å²) in [5, 5.41) is 22.8. The maximum absolute atomic E-state index is 9.50. The number of aliphatic hydroxyl groups excluding tert-OH is 2. The second kappa shape index (κ2) is 4.91. The van der Waals surface area contributed by atoms with Crippen molar-refractivity contribution in [3.8, 4) is 0 Å². The Kier molecular flexibility index (Phi) is 3.49. The van der Waals surface area contributed by atoms with Gasteiger partial charge >= 0.3 is 0 Å². The van der Waals surface area contributed by atoms with Crippen molar-refractivity contribution >= 4 is 11.5 Å². The lowest BCUT2D eigenvalue weighted by atomic mass is 10.3. The zero-order valence-electron chi connectivity index (χ0n) is 10.8. The van der Waals surface area contributed by atoms with Crippen LogP contribution < -0.4 is 4.90 Å². The Balaban J connectivity index is 2.42. The van der Waals surface area contributed by atoms with Crippen molar-refractivity contribution in [2.45, 2.75) is 20.0 Å². The second-order valence-electron chi connectivity index (χ2n) is 4.53. The fourth-order valence-electron chi connectivity index (χ4n) is 1.93. The van der Waals surface area contributed by atoms with E-state index in [1.807, 2.05) is 37.9 Å². The van der Waals surface area contributed by atoms with Crippen LogP contribution in [0.15, 0.2) is 12.1 Å². The summed E-state index contributed by atoms with van der Waals surface area (Å²) in [6.07, 6.45) is -0.768. The third kappa shape index (κ3) is 2.44. The van der Waals surface area contributed by atoms with Crippen molar-refractivity contribution < 1.29 is 10.2 Å². The number of rotatable bonds is 4. The van der Waals surface area contributed by atoms with E-state index in [1.165, 1.54) is 0 Å².